The zero-order valence-electron chi connectivity index (χ0n) is 11.0. The Kier molecular flexibility index (Phi) is 4.74. The molecule has 0 spiro atoms. The number of hydrogen-bond donors (Lipinski definition) is 1. The number of ether oxygens (including phenoxy) is 1. The van der Waals surface area contributed by atoms with Gasteiger partial charge in [-0.15, -0.1) is 0 Å². The van der Waals surface area contributed by atoms with Gasteiger partial charge in [-0.05, 0) is 26.8 Å². The van der Waals surface area contributed by atoms with Gasteiger partial charge in [0.25, 0.3) is 0 Å². The van der Waals surface area contributed by atoms with E-state index in [1.54, 1.807) is 4.90 Å². The van der Waals surface area contributed by atoms with E-state index in [0.717, 1.165) is 13.1 Å². The molecule has 1 fully saturated rings. The van der Waals surface area contributed by atoms with E-state index in [2.05, 4.69) is 12.2 Å². The first-order valence-electron chi connectivity index (χ1n) is 6.04. The molecule has 0 aromatic heterocycles. The number of rotatable bonds is 4. The van der Waals surface area contributed by atoms with Gasteiger partial charge in [-0.1, -0.05) is 6.92 Å². The van der Waals surface area contributed by atoms with Crippen molar-refractivity contribution >= 4 is 5.91 Å². The molecule has 1 saturated heterocycles. The Morgan fingerprint density at radius 1 is 1.31 bits per heavy atom. The fourth-order valence-electron chi connectivity index (χ4n) is 2.34. The average molecular weight is 228 g/mol. The predicted octanol–water partition coefficient (Wildman–Crippen LogP) is 0.724. The second kappa shape index (κ2) is 5.64. The van der Waals surface area contributed by atoms with Crippen LogP contribution in [0, 0.1) is 11.8 Å². The molecular weight excluding hydrogens is 204 g/mol. The Morgan fingerprint density at radius 2 is 1.94 bits per heavy atom. The molecule has 4 nitrogen and oxygen atoms in total. The van der Waals surface area contributed by atoms with E-state index in [9.17, 15) is 4.79 Å². The molecule has 1 amide bonds. The molecule has 0 aliphatic carbocycles. The van der Waals surface area contributed by atoms with Crippen LogP contribution >= 0.6 is 0 Å². The number of hydrogen-bond acceptors (Lipinski definition) is 3. The van der Waals surface area contributed by atoms with E-state index in [4.69, 9.17) is 4.74 Å². The number of carbonyl (C=O) groups is 1. The van der Waals surface area contributed by atoms with Crippen LogP contribution in [-0.4, -0.2) is 50.2 Å². The molecule has 4 unspecified atom stereocenters. The summed E-state index contributed by atoms with van der Waals surface area (Å²) in [5.74, 6) is 0.524. The van der Waals surface area contributed by atoms with E-state index >= 15 is 0 Å². The molecule has 4 heteroatoms. The molecule has 1 rings (SSSR count). The number of likely N-dealkylation sites (N-methyl/N-ethyl adjacent to an activating group) is 2. The van der Waals surface area contributed by atoms with Crippen LogP contribution < -0.4 is 5.32 Å². The molecule has 94 valence electrons. The summed E-state index contributed by atoms with van der Waals surface area (Å²) in [6.07, 6.45) is 0.219. The van der Waals surface area contributed by atoms with Gasteiger partial charge in [-0.2, -0.15) is 0 Å². The number of nitrogens with one attached hydrogen (secondary N) is 1. The molecule has 0 radical (unpaired) electrons. The minimum atomic E-state index is 0.0110. The molecule has 1 aliphatic rings. The van der Waals surface area contributed by atoms with Crippen molar-refractivity contribution in [1.29, 1.82) is 0 Å². The zero-order valence-corrected chi connectivity index (χ0v) is 11.0. The highest BCUT2D eigenvalue weighted by atomic mass is 16.5. The summed E-state index contributed by atoms with van der Waals surface area (Å²) in [5, 5.41) is 3.05. The fourth-order valence-corrected chi connectivity index (χ4v) is 2.34. The molecule has 0 bridgehead atoms. The van der Waals surface area contributed by atoms with Crippen molar-refractivity contribution in [2.45, 2.75) is 33.0 Å². The fraction of sp³-hybridized carbons (Fsp3) is 0.917. The summed E-state index contributed by atoms with van der Waals surface area (Å²) in [6.45, 7) is 7.72. The summed E-state index contributed by atoms with van der Waals surface area (Å²) in [6, 6.07) is 0. The lowest BCUT2D eigenvalue weighted by atomic mass is 9.88. The topological polar surface area (TPSA) is 41.6 Å². The molecule has 0 aromatic rings. The first kappa shape index (κ1) is 13.5. The molecule has 0 aromatic carbocycles. The summed E-state index contributed by atoms with van der Waals surface area (Å²) < 4.78 is 5.70. The lowest BCUT2D eigenvalue weighted by molar-refractivity contribution is -0.136. The Balaban J connectivity index is 2.59. The standard InChI is InChI=1S/C12H24N2O2/c1-8-9(2)16-10(3)11(8)12(15)14(5)7-6-13-4/h8-11,13H,6-7H2,1-5H3. The van der Waals surface area contributed by atoms with Gasteiger partial charge in [0, 0.05) is 20.1 Å². The largest absolute Gasteiger partial charge is 0.374 e. The Labute approximate surface area is 98.3 Å². The molecule has 0 saturated carbocycles. The van der Waals surface area contributed by atoms with Crippen LogP contribution in [0.2, 0.25) is 0 Å². The van der Waals surface area contributed by atoms with Crippen molar-refractivity contribution in [3.63, 3.8) is 0 Å². The Bertz CT molecular complexity index is 245. The molecule has 1 heterocycles. The highest BCUT2D eigenvalue weighted by Gasteiger charge is 2.42. The van der Waals surface area contributed by atoms with Gasteiger partial charge in [-0.25, -0.2) is 0 Å². The second-order valence-corrected chi connectivity index (χ2v) is 4.79. The van der Waals surface area contributed by atoms with Crippen LogP contribution in [0.1, 0.15) is 20.8 Å². The van der Waals surface area contributed by atoms with Crippen molar-refractivity contribution in [2.24, 2.45) is 11.8 Å². The molecule has 16 heavy (non-hydrogen) atoms. The SMILES string of the molecule is CNCCN(C)C(=O)C1C(C)OC(C)C1C. The van der Waals surface area contributed by atoms with Gasteiger partial charge >= 0.3 is 0 Å². The maximum absolute atomic E-state index is 12.2. The van der Waals surface area contributed by atoms with E-state index in [-0.39, 0.29) is 24.0 Å². The van der Waals surface area contributed by atoms with Crippen LogP contribution in [0.5, 0.6) is 0 Å². The first-order chi connectivity index (χ1) is 7.49. The quantitative estimate of drug-likeness (QED) is 0.771. The van der Waals surface area contributed by atoms with Gasteiger partial charge < -0.3 is 15.0 Å². The minimum Gasteiger partial charge on any atom is -0.374 e. The summed E-state index contributed by atoms with van der Waals surface area (Å²) in [4.78, 5) is 14.0. The molecule has 4 atom stereocenters. The van der Waals surface area contributed by atoms with Crippen LogP contribution in [-0.2, 0) is 9.53 Å². The third-order valence-corrected chi connectivity index (χ3v) is 3.60. The third kappa shape index (κ3) is 2.74. The summed E-state index contributed by atoms with van der Waals surface area (Å²) in [5.41, 5.74) is 0. The highest BCUT2D eigenvalue weighted by Crippen LogP contribution is 2.33. The minimum absolute atomic E-state index is 0.0110. The van der Waals surface area contributed by atoms with Crippen molar-refractivity contribution in [2.75, 3.05) is 27.2 Å². The normalized spacial score (nSPS) is 34.1. The van der Waals surface area contributed by atoms with Crippen LogP contribution in [0.4, 0.5) is 0 Å². The maximum atomic E-state index is 12.2. The number of nitrogens with zero attached hydrogens (tertiary/aromatic N) is 1. The summed E-state index contributed by atoms with van der Waals surface area (Å²) >= 11 is 0. The van der Waals surface area contributed by atoms with Gasteiger partial charge in [0.05, 0.1) is 18.1 Å². The van der Waals surface area contributed by atoms with Crippen LogP contribution in [0.3, 0.4) is 0 Å². The number of carbonyl (C=O) groups excluding carboxylic acids is 1. The van der Waals surface area contributed by atoms with Gasteiger partial charge in [0.2, 0.25) is 5.91 Å². The molecular formula is C12H24N2O2. The summed E-state index contributed by atoms with van der Waals surface area (Å²) in [7, 11) is 3.76. The number of amides is 1. The third-order valence-electron chi connectivity index (χ3n) is 3.60. The highest BCUT2D eigenvalue weighted by molar-refractivity contribution is 5.79. The molecule has 1 aliphatic heterocycles. The van der Waals surface area contributed by atoms with E-state index in [1.165, 1.54) is 0 Å². The smallest absolute Gasteiger partial charge is 0.228 e. The van der Waals surface area contributed by atoms with E-state index in [0.29, 0.717) is 5.92 Å². The van der Waals surface area contributed by atoms with Crippen LogP contribution in [0.15, 0.2) is 0 Å². The second-order valence-electron chi connectivity index (χ2n) is 4.79. The van der Waals surface area contributed by atoms with Crippen molar-refractivity contribution in [1.82, 2.24) is 10.2 Å². The van der Waals surface area contributed by atoms with Gasteiger partial charge in [0.15, 0.2) is 0 Å². The van der Waals surface area contributed by atoms with Gasteiger partial charge in [-0.3, -0.25) is 4.79 Å². The monoisotopic (exact) mass is 228 g/mol. The van der Waals surface area contributed by atoms with Gasteiger partial charge in [0.1, 0.15) is 0 Å². The Morgan fingerprint density at radius 3 is 2.38 bits per heavy atom. The van der Waals surface area contributed by atoms with Crippen molar-refractivity contribution in [3.05, 3.63) is 0 Å². The maximum Gasteiger partial charge on any atom is 0.228 e. The Hall–Kier alpha value is -0.610. The lowest BCUT2D eigenvalue weighted by Crippen LogP contribution is -2.41. The molecule has 1 N–H and O–H groups in total. The predicted molar refractivity (Wildman–Crippen MR) is 64.2 cm³/mol. The average Bonchev–Trinajstić information content (AvgIpc) is 2.49. The van der Waals surface area contributed by atoms with Crippen LogP contribution in [0.25, 0.3) is 0 Å². The zero-order chi connectivity index (χ0) is 12.3. The van der Waals surface area contributed by atoms with E-state index in [1.807, 2.05) is 27.9 Å². The van der Waals surface area contributed by atoms with E-state index < -0.39 is 0 Å². The van der Waals surface area contributed by atoms with Crippen molar-refractivity contribution < 1.29 is 9.53 Å². The first-order valence-corrected chi connectivity index (χ1v) is 6.04. The van der Waals surface area contributed by atoms with Crippen molar-refractivity contribution in [3.8, 4) is 0 Å². The lowest BCUT2D eigenvalue weighted by Gasteiger charge is -2.25.